The summed E-state index contributed by atoms with van der Waals surface area (Å²) in [5.41, 5.74) is 6.02. The van der Waals surface area contributed by atoms with Gasteiger partial charge in [-0.1, -0.05) is 12.1 Å². The van der Waals surface area contributed by atoms with Gasteiger partial charge >= 0.3 is 0 Å². The topological polar surface area (TPSA) is 125 Å². The molecule has 0 amide bonds. The fourth-order valence-electron chi connectivity index (χ4n) is 1.93. The Bertz CT molecular complexity index is 428. The van der Waals surface area contributed by atoms with Crippen LogP contribution in [0.25, 0.3) is 0 Å². The van der Waals surface area contributed by atoms with Crippen LogP contribution in [-0.4, -0.2) is 57.7 Å². The lowest BCUT2D eigenvalue weighted by Gasteiger charge is -2.39. The molecule has 7 heteroatoms. The molecule has 7 nitrogen and oxygen atoms in total. The summed E-state index contributed by atoms with van der Waals surface area (Å²) in [5, 5.41) is 38.3. The smallest absolute Gasteiger partial charge is 0.195 e. The summed E-state index contributed by atoms with van der Waals surface area (Å²) in [6.07, 6.45) is -6.49. The number of aliphatic hydroxyl groups is 4. The van der Waals surface area contributed by atoms with Crippen molar-refractivity contribution in [3.63, 3.8) is 0 Å². The maximum atomic E-state index is 9.89. The van der Waals surface area contributed by atoms with Crippen molar-refractivity contribution < 1.29 is 29.9 Å². The normalized spacial score (nSPS) is 35.1. The Kier molecular flexibility index (Phi) is 4.23. The Labute approximate surface area is 109 Å². The second kappa shape index (κ2) is 5.72. The van der Waals surface area contributed by atoms with E-state index in [1.807, 2.05) is 0 Å². The van der Waals surface area contributed by atoms with Gasteiger partial charge in [-0.3, -0.25) is 0 Å². The number of nitrogens with two attached hydrogens (primary N) is 1. The predicted molar refractivity (Wildman–Crippen MR) is 65.2 cm³/mol. The van der Waals surface area contributed by atoms with E-state index in [1.165, 1.54) is 0 Å². The van der Waals surface area contributed by atoms with Gasteiger partial charge in [0.15, 0.2) is 12.4 Å². The summed E-state index contributed by atoms with van der Waals surface area (Å²) in [5.74, 6) is 0.267. The number of rotatable bonds is 3. The molecular weight excluding hydrogens is 254 g/mol. The minimum atomic E-state index is -1.48. The number of hydrogen-bond acceptors (Lipinski definition) is 7. The van der Waals surface area contributed by atoms with Crippen molar-refractivity contribution >= 4 is 5.69 Å². The predicted octanol–water partition coefficient (Wildman–Crippen LogP) is -1.55. The summed E-state index contributed by atoms with van der Waals surface area (Å²) < 4.78 is 10.4. The third-order valence-corrected chi connectivity index (χ3v) is 3.02. The maximum Gasteiger partial charge on any atom is 0.195 e. The highest BCUT2D eigenvalue weighted by Gasteiger charge is 2.45. The van der Waals surface area contributed by atoms with E-state index in [-0.39, 0.29) is 5.75 Å². The van der Waals surface area contributed by atoms with Gasteiger partial charge in [0.1, 0.15) is 24.1 Å². The first-order valence-electron chi connectivity index (χ1n) is 5.86. The second-order valence-electron chi connectivity index (χ2n) is 4.35. The molecule has 106 valence electrons. The average molecular weight is 271 g/mol. The molecule has 0 spiro atoms. The Morgan fingerprint density at radius 2 is 1.84 bits per heavy atom. The average Bonchev–Trinajstić information content (AvgIpc) is 2.41. The Morgan fingerprint density at radius 1 is 1.16 bits per heavy atom. The van der Waals surface area contributed by atoms with Crippen molar-refractivity contribution in [3.8, 4) is 5.75 Å². The molecule has 19 heavy (non-hydrogen) atoms. The largest absolute Gasteiger partial charge is 0.480 e. The maximum absolute atomic E-state index is 9.89. The van der Waals surface area contributed by atoms with Gasteiger partial charge in [-0.15, -0.1) is 0 Å². The summed E-state index contributed by atoms with van der Waals surface area (Å²) >= 11 is 0. The molecule has 1 fully saturated rings. The van der Waals surface area contributed by atoms with E-state index in [0.717, 1.165) is 0 Å². The van der Waals surface area contributed by atoms with Crippen molar-refractivity contribution in [2.45, 2.75) is 30.7 Å². The summed E-state index contributed by atoms with van der Waals surface area (Å²) in [6.45, 7) is -0.518. The molecule has 0 aromatic heterocycles. The highest BCUT2D eigenvalue weighted by molar-refractivity contribution is 5.51. The zero-order valence-corrected chi connectivity index (χ0v) is 10.1. The van der Waals surface area contributed by atoms with Crippen LogP contribution < -0.4 is 10.5 Å². The first kappa shape index (κ1) is 14.0. The van der Waals surface area contributed by atoms with E-state index >= 15 is 0 Å². The minimum absolute atomic E-state index is 0.267. The number of ether oxygens (including phenoxy) is 2. The van der Waals surface area contributed by atoms with Crippen LogP contribution in [0.4, 0.5) is 5.69 Å². The standard InChI is InChI=1S/C12H17NO6/c13-6-3-1-2-4-7(6)18-11-10(16)9(15)8(5-14)19-12(11)17/h1-4,8-12,14-17H,5,13H2/t8-,9-,10+,11+,12?/m1/s1. The van der Waals surface area contributed by atoms with E-state index in [9.17, 15) is 15.3 Å². The molecule has 0 radical (unpaired) electrons. The van der Waals surface area contributed by atoms with Gasteiger partial charge < -0.3 is 35.6 Å². The fraction of sp³-hybridized carbons (Fsp3) is 0.500. The van der Waals surface area contributed by atoms with Crippen LogP contribution in [0.1, 0.15) is 0 Å². The fourth-order valence-corrected chi connectivity index (χ4v) is 1.93. The number of nitrogen functional groups attached to an aromatic ring is 1. The van der Waals surface area contributed by atoms with Crippen LogP contribution in [0, 0.1) is 0 Å². The van der Waals surface area contributed by atoms with Crippen LogP contribution in [0.2, 0.25) is 0 Å². The molecule has 0 aliphatic carbocycles. The minimum Gasteiger partial charge on any atom is -0.480 e. The van der Waals surface area contributed by atoms with Gasteiger partial charge in [0.25, 0.3) is 0 Å². The Hall–Kier alpha value is -1.38. The van der Waals surface area contributed by atoms with E-state index in [1.54, 1.807) is 24.3 Å². The van der Waals surface area contributed by atoms with Gasteiger partial charge in [0, 0.05) is 0 Å². The van der Waals surface area contributed by atoms with Crippen molar-refractivity contribution in [2.75, 3.05) is 12.3 Å². The Balaban J connectivity index is 2.14. The molecule has 1 aromatic rings. The van der Waals surface area contributed by atoms with Crippen LogP contribution in [0.5, 0.6) is 5.75 Å². The first-order chi connectivity index (χ1) is 9.04. The SMILES string of the molecule is Nc1ccccc1O[C@@H]1C(O)O[C@H](CO)[C@@H](O)[C@@H]1O. The van der Waals surface area contributed by atoms with Crippen molar-refractivity contribution in [1.82, 2.24) is 0 Å². The van der Waals surface area contributed by atoms with E-state index < -0.39 is 37.3 Å². The second-order valence-corrected chi connectivity index (χ2v) is 4.35. The highest BCUT2D eigenvalue weighted by Crippen LogP contribution is 2.27. The number of anilines is 1. The van der Waals surface area contributed by atoms with E-state index in [4.69, 9.17) is 20.3 Å². The van der Waals surface area contributed by atoms with Crippen molar-refractivity contribution in [3.05, 3.63) is 24.3 Å². The summed E-state index contributed by atoms with van der Waals surface area (Å²) in [6, 6.07) is 6.56. The van der Waals surface area contributed by atoms with E-state index in [2.05, 4.69) is 0 Å². The molecule has 0 bridgehead atoms. The molecule has 6 N–H and O–H groups in total. The number of para-hydroxylation sites is 2. The van der Waals surface area contributed by atoms with Crippen LogP contribution in [-0.2, 0) is 4.74 Å². The van der Waals surface area contributed by atoms with Gasteiger partial charge in [0.2, 0.25) is 0 Å². The third kappa shape index (κ3) is 2.80. The van der Waals surface area contributed by atoms with Crippen LogP contribution in [0.15, 0.2) is 24.3 Å². The third-order valence-electron chi connectivity index (χ3n) is 3.02. The van der Waals surface area contributed by atoms with E-state index in [0.29, 0.717) is 5.69 Å². The van der Waals surface area contributed by atoms with Crippen molar-refractivity contribution in [2.24, 2.45) is 0 Å². The Morgan fingerprint density at radius 3 is 2.47 bits per heavy atom. The lowest BCUT2D eigenvalue weighted by Crippen LogP contribution is -2.60. The van der Waals surface area contributed by atoms with Gasteiger partial charge in [-0.2, -0.15) is 0 Å². The molecule has 2 rings (SSSR count). The molecule has 1 aliphatic rings. The molecule has 1 aliphatic heterocycles. The molecule has 1 heterocycles. The monoisotopic (exact) mass is 271 g/mol. The lowest BCUT2D eigenvalue weighted by molar-refractivity contribution is -0.280. The zero-order valence-electron chi connectivity index (χ0n) is 10.1. The highest BCUT2D eigenvalue weighted by atomic mass is 16.7. The lowest BCUT2D eigenvalue weighted by atomic mass is 9.99. The summed E-state index contributed by atoms with van der Waals surface area (Å²) in [4.78, 5) is 0. The molecule has 1 aromatic carbocycles. The van der Waals surface area contributed by atoms with Crippen LogP contribution >= 0.6 is 0 Å². The molecule has 5 atom stereocenters. The molecular formula is C12H17NO6. The molecule has 0 saturated carbocycles. The van der Waals surface area contributed by atoms with Gasteiger partial charge in [-0.05, 0) is 12.1 Å². The summed E-state index contributed by atoms with van der Waals surface area (Å²) in [7, 11) is 0. The first-order valence-corrected chi connectivity index (χ1v) is 5.86. The number of benzene rings is 1. The quantitative estimate of drug-likeness (QED) is 0.421. The zero-order chi connectivity index (χ0) is 14.0. The van der Waals surface area contributed by atoms with Crippen LogP contribution in [0.3, 0.4) is 0 Å². The molecule has 1 unspecified atom stereocenters. The number of hydrogen-bond donors (Lipinski definition) is 5. The molecule has 1 saturated heterocycles. The van der Waals surface area contributed by atoms with Crippen molar-refractivity contribution in [1.29, 1.82) is 0 Å². The van der Waals surface area contributed by atoms with Gasteiger partial charge in [0.05, 0.1) is 12.3 Å². The number of aliphatic hydroxyl groups excluding tert-OH is 4. The van der Waals surface area contributed by atoms with Gasteiger partial charge in [-0.25, -0.2) is 0 Å².